The van der Waals surface area contributed by atoms with Crippen LogP contribution >= 0.6 is 27.7 Å². The van der Waals surface area contributed by atoms with E-state index in [0.717, 1.165) is 29.5 Å². The molecule has 0 bridgehead atoms. The van der Waals surface area contributed by atoms with E-state index >= 15 is 0 Å². The van der Waals surface area contributed by atoms with Gasteiger partial charge in [0.25, 0.3) is 11.1 Å². The van der Waals surface area contributed by atoms with Gasteiger partial charge in [-0.1, -0.05) is 18.2 Å². The topological polar surface area (TPSA) is 76.2 Å². The maximum Gasteiger partial charge on any atom is 0.294 e. The molecule has 0 radical (unpaired) electrons. The van der Waals surface area contributed by atoms with E-state index in [-0.39, 0.29) is 29.8 Å². The Kier molecular flexibility index (Phi) is 7.57. The van der Waals surface area contributed by atoms with E-state index in [1.54, 1.807) is 41.3 Å². The van der Waals surface area contributed by atoms with Crippen molar-refractivity contribution in [3.63, 3.8) is 0 Å². The average Bonchev–Trinajstić information content (AvgIpc) is 3.44. The number of carbonyl (C=O) groups excluding carboxylic acids is 3. The van der Waals surface area contributed by atoms with E-state index in [2.05, 4.69) is 15.9 Å². The molecule has 34 heavy (non-hydrogen) atoms. The summed E-state index contributed by atoms with van der Waals surface area (Å²) in [6.07, 6.45) is 3.44. The minimum atomic E-state index is -0.502. The molecule has 0 saturated carbocycles. The maximum atomic E-state index is 13.9. The van der Waals surface area contributed by atoms with Gasteiger partial charge in [0.05, 0.1) is 16.5 Å². The molecule has 0 aromatic heterocycles. The van der Waals surface area contributed by atoms with Crippen LogP contribution in [0.15, 0.2) is 45.8 Å². The lowest BCUT2D eigenvalue weighted by atomic mass is 10.1. The Balaban J connectivity index is 1.50. The number of ether oxygens (including phenoxy) is 2. The van der Waals surface area contributed by atoms with Crippen LogP contribution in [-0.2, 0) is 16.2 Å². The smallest absolute Gasteiger partial charge is 0.294 e. The van der Waals surface area contributed by atoms with Crippen molar-refractivity contribution in [2.24, 2.45) is 0 Å². The fourth-order valence-corrected chi connectivity index (χ4v) is 5.13. The molecular formula is C24H22BrFN2O5S. The largest absolute Gasteiger partial charge is 0.493 e. The first-order valence-electron chi connectivity index (χ1n) is 10.6. The molecule has 2 fully saturated rings. The quantitative estimate of drug-likeness (QED) is 0.461. The molecule has 0 atom stereocenters. The summed E-state index contributed by atoms with van der Waals surface area (Å²) in [5.41, 5.74) is 0.996. The van der Waals surface area contributed by atoms with Crippen LogP contribution in [0.3, 0.4) is 0 Å². The van der Waals surface area contributed by atoms with E-state index in [1.807, 2.05) is 0 Å². The van der Waals surface area contributed by atoms with Crippen molar-refractivity contribution in [1.82, 2.24) is 9.80 Å². The molecule has 2 aromatic carbocycles. The molecule has 0 aliphatic carbocycles. The Morgan fingerprint density at radius 1 is 1.21 bits per heavy atom. The van der Waals surface area contributed by atoms with E-state index in [4.69, 9.17) is 9.47 Å². The number of hydrogen-bond donors (Lipinski definition) is 0. The summed E-state index contributed by atoms with van der Waals surface area (Å²) in [5.74, 6) is -0.333. The van der Waals surface area contributed by atoms with Gasteiger partial charge in [-0.15, -0.1) is 0 Å². The lowest BCUT2D eigenvalue weighted by molar-refractivity contribution is -0.135. The molecule has 0 N–H and O–H groups in total. The number of thioether (sulfide) groups is 1. The number of halogens is 2. The zero-order valence-corrected chi connectivity index (χ0v) is 20.8. The summed E-state index contributed by atoms with van der Waals surface area (Å²) < 4.78 is 25.7. The van der Waals surface area contributed by atoms with Gasteiger partial charge in [0.1, 0.15) is 19.0 Å². The minimum Gasteiger partial charge on any atom is -0.493 e. The van der Waals surface area contributed by atoms with Crippen molar-refractivity contribution in [1.29, 1.82) is 0 Å². The van der Waals surface area contributed by atoms with Gasteiger partial charge in [-0.25, -0.2) is 4.39 Å². The maximum absolute atomic E-state index is 13.9. The van der Waals surface area contributed by atoms with Crippen LogP contribution in [-0.4, -0.2) is 53.6 Å². The lowest BCUT2D eigenvalue weighted by Gasteiger charge is -2.18. The van der Waals surface area contributed by atoms with Gasteiger partial charge in [-0.05, 0) is 70.4 Å². The number of rotatable bonds is 7. The Hall–Kier alpha value is -2.85. The number of benzene rings is 2. The molecule has 2 aromatic rings. The Bertz CT molecular complexity index is 1170. The second kappa shape index (κ2) is 10.6. The predicted octanol–water partition coefficient (Wildman–Crippen LogP) is 4.83. The average molecular weight is 549 g/mol. The molecule has 0 spiro atoms. The van der Waals surface area contributed by atoms with Gasteiger partial charge < -0.3 is 14.4 Å². The fourth-order valence-electron chi connectivity index (χ4n) is 3.72. The van der Waals surface area contributed by atoms with Gasteiger partial charge in [0.15, 0.2) is 11.5 Å². The second-order valence-corrected chi connectivity index (χ2v) is 9.62. The molecule has 10 heteroatoms. The van der Waals surface area contributed by atoms with E-state index in [1.165, 1.54) is 13.2 Å². The molecule has 0 unspecified atom stereocenters. The third kappa shape index (κ3) is 5.28. The summed E-state index contributed by atoms with van der Waals surface area (Å²) in [7, 11) is 1.47. The normalized spacial score (nSPS) is 17.1. The molecule has 4 rings (SSSR count). The molecule has 2 heterocycles. The Morgan fingerprint density at radius 3 is 2.65 bits per heavy atom. The highest BCUT2D eigenvalue weighted by atomic mass is 79.9. The van der Waals surface area contributed by atoms with Crippen molar-refractivity contribution >= 4 is 50.8 Å². The summed E-state index contributed by atoms with van der Waals surface area (Å²) in [6.45, 7) is 1.07. The number of amides is 3. The number of methoxy groups -OCH3 is 1. The molecule has 2 aliphatic heterocycles. The fraction of sp³-hybridized carbons (Fsp3) is 0.292. The van der Waals surface area contributed by atoms with Gasteiger partial charge in [0.2, 0.25) is 5.91 Å². The predicted molar refractivity (Wildman–Crippen MR) is 130 cm³/mol. The van der Waals surface area contributed by atoms with Crippen LogP contribution in [0.1, 0.15) is 24.0 Å². The number of imide groups is 1. The number of hydrogen-bond acceptors (Lipinski definition) is 6. The summed E-state index contributed by atoms with van der Waals surface area (Å²) in [6, 6.07) is 9.69. The Morgan fingerprint density at radius 2 is 1.94 bits per heavy atom. The van der Waals surface area contributed by atoms with E-state index in [9.17, 15) is 18.8 Å². The zero-order valence-electron chi connectivity index (χ0n) is 18.4. The molecule has 2 aliphatic rings. The lowest BCUT2D eigenvalue weighted by Crippen LogP contribution is -2.40. The molecule has 2 saturated heterocycles. The summed E-state index contributed by atoms with van der Waals surface area (Å²) in [4.78, 5) is 40.5. The van der Waals surface area contributed by atoms with E-state index in [0.29, 0.717) is 40.2 Å². The van der Waals surface area contributed by atoms with Gasteiger partial charge >= 0.3 is 0 Å². The number of likely N-dealkylation sites (tertiary alicyclic amines) is 1. The molecule has 178 valence electrons. The highest BCUT2D eigenvalue weighted by molar-refractivity contribution is 9.10. The summed E-state index contributed by atoms with van der Waals surface area (Å²) in [5, 5.41) is -0.473. The van der Waals surface area contributed by atoms with Crippen molar-refractivity contribution in [3.8, 4) is 11.5 Å². The second-order valence-electron chi connectivity index (χ2n) is 7.77. The number of nitrogens with zero attached hydrogens (tertiary/aromatic N) is 2. The standard InChI is InChI=1S/C24H22BrFN2O5S/c1-32-19-11-15(10-17(25)22(19)33-14-16-6-2-3-7-18(16)26)12-20-23(30)28(24(31)34-20)13-21(29)27-8-4-5-9-27/h2-3,6-7,10-12H,4-5,8-9,13-14H2,1H3/b20-12-. The zero-order chi connectivity index (χ0) is 24.2. The summed E-state index contributed by atoms with van der Waals surface area (Å²) >= 11 is 4.23. The van der Waals surface area contributed by atoms with Crippen molar-refractivity contribution < 1.29 is 28.2 Å². The van der Waals surface area contributed by atoms with Gasteiger partial charge in [-0.2, -0.15) is 0 Å². The van der Waals surface area contributed by atoms with Crippen molar-refractivity contribution in [2.45, 2.75) is 19.4 Å². The molecular weight excluding hydrogens is 527 g/mol. The van der Waals surface area contributed by atoms with Crippen LogP contribution < -0.4 is 9.47 Å². The first-order valence-corrected chi connectivity index (χ1v) is 12.2. The highest BCUT2D eigenvalue weighted by Crippen LogP contribution is 2.39. The first kappa shape index (κ1) is 24.3. The molecule has 7 nitrogen and oxygen atoms in total. The van der Waals surface area contributed by atoms with Crippen molar-refractivity contribution in [3.05, 3.63) is 62.7 Å². The minimum absolute atomic E-state index is 0.00488. The van der Waals surface area contributed by atoms with Crippen LogP contribution in [0.4, 0.5) is 9.18 Å². The molecule has 3 amide bonds. The number of carbonyl (C=O) groups is 3. The highest BCUT2D eigenvalue weighted by Gasteiger charge is 2.37. The van der Waals surface area contributed by atoms with E-state index < -0.39 is 11.1 Å². The third-order valence-corrected chi connectivity index (χ3v) is 7.00. The van der Waals surface area contributed by atoms with Crippen LogP contribution in [0.5, 0.6) is 11.5 Å². The monoisotopic (exact) mass is 548 g/mol. The van der Waals surface area contributed by atoms with Crippen LogP contribution in [0.25, 0.3) is 6.08 Å². The first-order chi connectivity index (χ1) is 16.4. The third-order valence-electron chi connectivity index (χ3n) is 5.51. The Labute approximate surface area is 209 Å². The van der Waals surface area contributed by atoms with Crippen molar-refractivity contribution in [2.75, 3.05) is 26.7 Å². The van der Waals surface area contributed by atoms with Crippen LogP contribution in [0.2, 0.25) is 0 Å². The van der Waals surface area contributed by atoms with Gasteiger partial charge in [0, 0.05) is 18.7 Å². The van der Waals surface area contributed by atoms with Crippen LogP contribution in [0, 0.1) is 5.82 Å². The van der Waals surface area contributed by atoms with Gasteiger partial charge in [-0.3, -0.25) is 19.3 Å². The SMILES string of the molecule is COc1cc(/C=C2\SC(=O)N(CC(=O)N3CCCC3)C2=O)cc(Br)c1OCc1ccccc1F.